The van der Waals surface area contributed by atoms with Crippen LogP contribution < -0.4 is 10.1 Å². The highest BCUT2D eigenvalue weighted by Crippen LogP contribution is 2.23. The third kappa shape index (κ3) is 4.59. The summed E-state index contributed by atoms with van der Waals surface area (Å²) < 4.78 is 11.3. The molecule has 0 radical (unpaired) electrons. The minimum absolute atomic E-state index is 0.134. The summed E-state index contributed by atoms with van der Waals surface area (Å²) in [4.78, 5) is 19.6. The summed E-state index contributed by atoms with van der Waals surface area (Å²) in [5.74, 6) is 1.95. The van der Waals surface area contributed by atoms with E-state index in [4.69, 9.17) is 9.47 Å². The second-order valence-electron chi connectivity index (χ2n) is 6.47. The van der Waals surface area contributed by atoms with Crippen LogP contribution in [0.15, 0.2) is 55.1 Å². The molecule has 3 heterocycles. The summed E-state index contributed by atoms with van der Waals surface area (Å²) in [6.45, 7) is 3.10. The number of hydrogen-bond donors (Lipinski definition) is 1. The molecule has 1 aliphatic rings. The van der Waals surface area contributed by atoms with Crippen LogP contribution in [0.2, 0.25) is 0 Å². The van der Waals surface area contributed by atoms with E-state index in [9.17, 15) is 0 Å². The second-order valence-corrected chi connectivity index (χ2v) is 6.47. The summed E-state index contributed by atoms with van der Waals surface area (Å²) in [5.41, 5.74) is 2.00. The average Bonchev–Trinajstić information content (AvgIpc) is 2.75. The van der Waals surface area contributed by atoms with Crippen molar-refractivity contribution in [2.24, 2.45) is 0 Å². The van der Waals surface area contributed by atoms with Crippen LogP contribution in [0.5, 0.6) is 5.75 Å². The van der Waals surface area contributed by atoms with Crippen molar-refractivity contribution in [2.75, 3.05) is 32.1 Å². The number of hydrogen-bond acceptors (Lipinski definition) is 8. The lowest BCUT2D eigenvalue weighted by atomic mass is 10.1. The third-order valence-electron chi connectivity index (χ3n) is 4.48. The first-order chi connectivity index (χ1) is 13.8. The molecular weight excluding hydrogens is 356 g/mol. The Hall–Kier alpha value is -3.10. The minimum atomic E-state index is -0.134. The van der Waals surface area contributed by atoms with Crippen molar-refractivity contribution < 1.29 is 9.47 Å². The maximum atomic E-state index is 5.95. The van der Waals surface area contributed by atoms with Crippen LogP contribution in [0.25, 0.3) is 0 Å². The molecule has 1 unspecified atom stereocenters. The third-order valence-corrected chi connectivity index (χ3v) is 4.48. The van der Waals surface area contributed by atoms with Gasteiger partial charge in [0.05, 0.1) is 31.8 Å². The minimum Gasteiger partial charge on any atom is -0.497 e. The monoisotopic (exact) mass is 378 g/mol. The first-order valence-electron chi connectivity index (χ1n) is 9.13. The molecule has 0 amide bonds. The zero-order valence-corrected chi connectivity index (χ0v) is 15.7. The molecule has 1 aliphatic heterocycles. The van der Waals surface area contributed by atoms with Crippen LogP contribution in [-0.2, 0) is 11.3 Å². The van der Waals surface area contributed by atoms with Gasteiger partial charge in [-0.3, -0.25) is 9.88 Å². The maximum Gasteiger partial charge on any atom is 0.228 e. The van der Waals surface area contributed by atoms with Gasteiger partial charge in [0.1, 0.15) is 11.9 Å². The fraction of sp³-hybridized carbons (Fsp3) is 0.300. The molecule has 0 bridgehead atoms. The van der Waals surface area contributed by atoms with Gasteiger partial charge < -0.3 is 14.8 Å². The number of nitrogens with zero attached hydrogens (tertiary/aromatic N) is 5. The average molecular weight is 378 g/mol. The van der Waals surface area contributed by atoms with E-state index >= 15 is 0 Å². The van der Waals surface area contributed by atoms with Crippen LogP contribution in [0, 0.1) is 0 Å². The van der Waals surface area contributed by atoms with Crippen molar-refractivity contribution in [3.05, 3.63) is 66.4 Å². The molecule has 1 fully saturated rings. The van der Waals surface area contributed by atoms with E-state index in [0.29, 0.717) is 18.4 Å². The summed E-state index contributed by atoms with van der Waals surface area (Å²) in [6, 6.07) is 9.90. The molecule has 1 saturated heterocycles. The number of nitrogens with one attached hydrogen (secondary N) is 1. The first-order valence-corrected chi connectivity index (χ1v) is 9.13. The van der Waals surface area contributed by atoms with Gasteiger partial charge in [0.15, 0.2) is 5.82 Å². The molecule has 28 heavy (non-hydrogen) atoms. The molecule has 8 nitrogen and oxygen atoms in total. The Bertz CT molecular complexity index is 908. The van der Waals surface area contributed by atoms with Crippen molar-refractivity contribution >= 4 is 11.8 Å². The van der Waals surface area contributed by atoms with E-state index in [1.54, 1.807) is 38.0 Å². The number of aromatic nitrogens is 4. The van der Waals surface area contributed by atoms with Crippen molar-refractivity contribution in [3.8, 4) is 5.75 Å². The number of rotatable bonds is 6. The molecule has 0 aliphatic carbocycles. The Morgan fingerprint density at radius 2 is 2.11 bits per heavy atom. The van der Waals surface area contributed by atoms with Gasteiger partial charge in [-0.05, 0) is 23.8 Å². The van der Waals surface area contributed by atoms with Gasteiger partial charge in [-0.2, -0.15) is 0 Å². The van der Waals surface area contributed by atoms with Crippen LogP contribution in [0.4, 0.5) is 11.8 Å². The Labute approximate surface area is 163 Å². The van der Waals surface area contributed by atoms with Gasteiger partial charge in [-0.15, -0.1) is 0 Å². The van der Waals surface area contributed by atoms with Gasteiger partial charge in [-0.25, -0.2) is 15.0 Å². The standard InChI is InChI=1S/C20H22N6O2/c1-27-16-5-2-4-15(10-16)13-26-8-9-28-18(14-26)17-11-21-12-19(24-17)25-20-22-6-3-7-23-20/h2-7,10-12,18H,8-9,13-14H2,1H3,(H,22,23,24,25). The Balaban J connectivity index is 1.43. The molecular formula is C20H22N6O2. The van der Waals surface area contributed by atoms with Crippen molar-refractivity contribution in [3.63, 3.8) is 0 Å². The van der Waals surface area contributed by atoms with Gasteiger partial charge in [0.2, 0.25) is 5.95 Å². The molecule has 1 N–H and O–H groups in total. The van der Waals surface area contributed by atoms with E-state index in [1.807, 2.05) is 12.1 Å². The van der Waals surface area contributed by atoms with Crippen molar-refractivity contribution in [2.45, 2.75) is 12.6 Å². The summed E-state index contributed by atoms with van der Waals surface area (Å²) >= 11 is 0. The molecule has 2 aromatic heterocycles. The Morgan fingerprint density at radius 3 is 2.96 bits per heavy atom. The van der Waals surface area contributed by atoms with Gasteiger partial charge in [-0.1, -0.05) is 12.1 Å². The quantitative estimate of drug-likeness (QED) is 0.701. The molecule has 1 atom stereocenters. The zero-order chi connectivity index (χ0) is 19.2. The summed E-state index contributed by atoms with van der Waals surface area (Å²) in [6.07, 6.45) is 6.61. The lowest BCUT2D eigenvalue weighted by Gasteiger charge is -2.32. The highest BCUT2D eigenvalue weighted by atomic mass is 16.5. The number of methoxy groups -OCH3 is 1. The predicted octanol–water partition coefficient (Wildman–Crippen LogP) is 2.59. The summed E-state index contributed by atoms with van der Waals surface area (Å²) in [7, 11) is 1.68. The van der Waals surface area contributed by atoms with Gasteiger partial charge in [0, 0.05) is 32.0 Å². The molecule has 8 heteroatoms. The van der Waals surface area contributed by atoms with E-state index in [1.165, 1.54) is 5.56 Å². The number of anilines is 2. The van der Waals surface area contributed by atoms with Gasteiger partial charge >= 0.3 is 0 Å². The lowest BCUT2D eigenvalue weighted by Crippen LogP contribution is -2.38. The molecule has 0 spiro atoms. The van der Waals surface area contributed by atoms with E-state index in [0.717, 1.165) is 31.1 Å². The first kappa shape index (κ1) is 18.3. The Morgan fingerprint density at radius 1 is 1.21 bits per heavy atom. The number of benzene rings is 1. The topological polar surface area (TPSA) is 85.3 Å². The smallest absolute Gasteiger partial charge is 0.228 e. The molecule has 3 aromatic rings. The lowest BCUT2D eigenvalue weighted by molar-refractivity contribution is -0.0351. The SMILES string of the molecule is COc1cccc(CN2CCOC(c3cncc(Nc4ncccn4)n3)C2)c1. The zero-order valence-electron chi connectivity index (χ0n) is 15.7. The predicted molar refractivity (Wildman–Crippen MR) is 104 cm³/mol. The molecule has 1 aromatic carbocycles. The van der Waals surface area contributed by atoms with Crippen LogP contribution in [0.1, 0.15) is 17.4 Å². The Kier molecular flexibility index (Phi) is 5.69. The van der Waals surface area contributed by atoms with Crippen LogP contribution in [-0.4, -0.2) is 51.6 Å². The van der Waals surface area contributed by atoms with Crippen LogP contribution in [0.3, 0.4) is 0 Å². The second kappa shape index (κ2) is 8.73. The normalized spacial score (nSPS) is 17.2. The van der Waals surface area contributed by atoms with E-state index in [-0.39, 0.29) is 6.10 Å². The highest BCUT2D eigenvalue weighted by molar-refractivity contribution is 5.45. The number of ether oxygens (including phenoxy) is 2. The van der Waals surface area contributed by atoms with Crippen molar-refractivity contribution in [1.29, 1.82) is 0 Å². The molecule has 0 saturated carbocycles. The fourth-order valence-electron chi connectivity index (χ4n) is 3.13. The fourth-order valence-corrected chi connectivity index (χ4v) is 3.13. The largest absolute Gasteiger partial charge is 0.497 e. The van der Waals surface area contributed by atoms with Gasteiger partial charge in [0.25, 0.3) is 0 Å². The highest BCUT2D eigenvalue weighted by Gasteiger charge is 2.24. The van der Waals surface area contributed by atoms with E-state index < -0.39 is 0 Å². The van der Waals surface area contributed by atoms with Crippen molar-refractivity contribution in [1.82, 2.24) is 24.8 Å². The van der Waals surface area contributed by atoms with Crippen LogP contribution >= 0.6 is 0 Å². The van der Waals surface area contributed by atoms with E-state index in [2.05, 4.69) is 42.3 Å². The molecule has 4 rings (SSSR count). The summed E-state index contributed by atoms with van der Waals surface area (Å²) in [5, 5.41) is 3.07. The maximum absolute atomic E-state index is 5.95. The number of morpholine rings is 1. The molecule has 144 valence electrons.